The zero-order chi connectivity index (χ0) is 71.9. The van der Waals surface area contributed by atoms with E-state index in [2.05, 4.69) is 51.0 Å². The van der Waals surface area contributed by atoms with Crippen molar-refractivity contribution in [2.75, 3.05) is 76.2 Å². The number of fused-ring (bicyclic) bond motifs is 7. The molecule has 101 heavy (non-hydrogen) atoms. The van der Waals surface area contributed by atoms with Gasteiger partial charge in [-0.3, -0.25) is 28.8 Å². The van der Waals surface area contributed by atoms with Crippen LogP contribution in [0.5, 0.6) is 0 Å². The molecule has 10 rings (SSSR count). The molecule has 0 spiro atoms. The van der Waals surface area contributed by atoms with Crippen molar-refractivity contribution in [3.05, 3.63) is 157 Å². The lowest BCUT2D eigenvalue weighted by Crippen LogP contribution is -2.54. The van der Waals surface area contributed by atoms with Gasteiger partial charge in [0.25, 0.3) is 5.56 Å². The number of pyridine rings is 2. The van der Waals surface area contributed by atoms with Crippen LogP contribution < -0.4 is 48.1 Å². The normalized spacial score (nSPS) is 16.7. The van der Waals surface area contributed by atoms with Crippen molar-refractivity contribution in [1.82, 2.24) is 36.1 Å². The Bertz CT molecular complexity index is 4200. The third kappa shape index (κ3) is 17.8. The molecule has 5 heterocycles. The first-order chi connectivity index (χ1) is 48.6. The van der Waals surface area contributed by atoms with E-state index in [-0.39, 0.29) is 127 Å². The molecule has 2 aromatic heterocycles. The van der Waals surface area contributed by atoms with Crippen LogP contribution in [0.4, 0.5) is 25.4 Å². The minimum atomic E-state index is -2.05. The number of carbonyl (C=O) groups is 8. The molecule has 27 heteroatoms. The SMILES string of the molecule is CC[C@@]1(O)C(=O)OCc2c1cc1n(c2=O)Cc2c-1nc1cc(F)c(C)c3c1c2[C@@H](NC(=O)OCc1ccc(NC(=O)[C@H](CCCNC(N)=O)NC(=O)[C@@H](NC(=O)CCOCCOCCOCCOCCNC(=O)CCC(=O)N2Cc4ccccc4/C(C)=C\c4ccccc42)C(C)C)cc1)CC3. The van der Waals surface area contributed by atoms with Crippen molar-refractivity contribution in [1.29, 1.82) is 0 Å². The number of ether oxygens (including phenoxy) is 6. The number of para-hydroxylation sites is 1. The van der Waals surface area contributed by atoms with Gasteiger partial charge in [-0.15, -0.1) is 0 Å². The zero-order valence-electron chi connectivity index (χ0n) is 57.4. The summed E-state index contributed by atoms with van der Waals surface area (Å²) in [5.41, 5.74) is 12.4. The fraction of sp³-hybridized carbons (Fsp3) is 0.432. The topological polar surface area (TPSA) is 349 Å². The number of nitrogens with two attached hydrogens (primary N) is 1. The van der Waals surface area contributed by atoms with Gasteiger partial charge < -0.3 is 80.6 Å². The zero-order valence-corrected chi connectivity index (χ0v) is 57.4. The number of nitrogens with one attached hydrogen (secondary N) is 6. The summed E-state index contributed by atoms with van der Waals surface area (Å²) >= 11 is 0. The highest BCUT2D eigenvalue weighted by Gasteiger charge is 2.46. The molecule has 3 aliphatic heterocycles. The molecule has 0 radical (unpaired) electrons. The van der Waals surface area contributed by atoms with Crippen molar-refractivity contribution >= 4 is 81.6 Å². The first kappa shape index (κ1) is 73.8. The maximum Gasteiger partial charge on any atom is 0.407 e. The largest absolute Gasteiger partial charge is 0.458 e. The van der Waals surface area contributed by atoms with Gasteiger partial charge in [-0.2, -0.15) is 0 Å². The quantitative estimate of drug-likeness (QED) is 0.0157. The molecule has 8 amide bonds. The standard InChI is InChI=1S/C74H87FN10O16/c1-6-74(95)54-37-60-67-52(40-85(60)70(91)53(54)42-100-71(74)92)65-56(22-21-51-45(5)55(75)38-58(80-67)64(51)65)82-73(94)101-41-46-17-19-49(20-18-46)79-68(89)57(15-11-26-78-72(76)93)81-69(90)66(43(2)3)83-62(87)25-28-96-30-32-98-34-35-99-33-31-97-29-27-77-61(86)23-24-63(88)84-39-48-13-7-9-14-50(48)44(4)36-47-12-8-10-16-59(47)84/h7-10,12-14,16-20,36-38,43,56-57,66,95H,6,11,15,21-35,39-42H2,1-5H3,(H,77,86)(H,79,89)(H,81,90)(H,82,94)(H,83,87)(H3,76,78,93)/b44-36-/t56-,57-,66-,74-/m0/s1. The van der Waals surface area contributed by atoms with Crippen LogP contribution in [0.2, 0.25) is 0 Å². The van der Waals surface area contributed by atoms with E-state index in [0.29, 0.717) is 89.4 Å². The predicted octanol–water partition coefficient (Wildman–Crippen LogP) is 6.91. The third-order valence-corrected chi connectivity index (χ3v) is 18.5. The second-order valence-electron chi connectivity index (χ2n) is 25.7. The average molecular weight is 1390 g/mol. The number of allylic oxidation sites excluding steroid dienone is 1. The number of benzene rings is 4. The molecule has 4 aromatic carbocycles. The number of anilines is 2. The van der Waals surface area contributed by atoms with Crippen molar-refractivity contribution in [2.45, 2.75) is 136 Å². The van der Waals surface area contributed by atoms with Gasteiger partial charge in [-0.25, -0.2) is 23.8 Å². The smallest absolute Gasteiger partial charge is 0.407 e. The van der Waals surface area contributed by atoms with Crippen molar-refractivity contribution in [3.8, 4) is 11.4 Å². The minimum Gasteiger partial charge on any atom is -0.458 e. The minimum absolute atomic E-state index is 0.0426. The highest BCUT2D eigenvalue weighted by atomic mass is 19.1. The first-order valence-electron chi connectivity index (χ1n) is 34.1. The number of urea groups is 1. The van der Waals surface area contributed by atoms with Crippen LogP contribution >= 0.6 is 0 Å². The van der Waals surface area contributed by atoms with E-state index in [1.54, 1.807) is 62.9 Å². The summed E-state index contributed by atoms with van der Waals surface area (Å²) in [5.74, 6) is -3.75. The van der Waals surface area contributed by atoms with Crippen LogP contribution in [0, 0.1) is 18.7 Å². The Morgan fingerprint density at radius 2 is 1.49 bits per heavy atom. The number of halogens is 1. The Hall–Kier alpha value is -9.93. The molecular weight excluding hydrogens is 1300 g/mol. The predicted molar refractivity (Wildman–Crippen MR) is 372 cm³/mol. The Morgan fingerprint density at radius 3 is 2.21 bits per heavy atom. The van der Waals surface area contributed by atoms with Crippen LogP contribution in [0.1, 0.15) is 134 Å². The molecule has 9 N–H and O–H groups in total. The van der Waals surface area contributed by atoms with Gasteiger partial charge in [0.15, 0.2) is 5.60 Å². The molecule has 536 valence electrons. The Labute approximate surface area is 583 Å². The molecule has 26 nitrogen and oxygen atoms in total. The number of primary amides is 1. The van der Waals surface area contributed by atoms with E-state index < -0.39 is 76.8 Å². The fourth-order valence-electron chi connectivity index (χ4n) is 13.1. The van der Waals surface area contributed by atoms with Crippen LogP contribution in [0.25, 0.3) is 33.9 Å². The summed E-state index contributed by atoms with van der Waals surface area (Å²) in [6, 6.07) is 21.6. The lowest BCUT2D eigenvalue weighted by Gasteiger charge is -2.31. The Balaban J connectivity index is 0.616. The number of cyclic esters (lactones) is 1. The first-order valence-corrected chi connectivity index (χ1v) is 34.1. The molecule has 6 aromatic rings. The number of amides is 8. The lowest BCUT2D eigenvalue weighted by molar-refractivity contribution is -0.172. The number of hydrogen-bond acceptors (Lipinski definition) is 17. The molecular formula is C74H87FN10O16. The lowest BCUT2D eigenvalue weighted by atomic mass is 9.81. The number of esters is 1. The molecule has 0 fully saturated rings. The number of nitrogens with zero attached hydrogens (tertiary/aromatic N) is 3. The number of aryl methyl sites for hydroxylation is 1. The van der Waals surface area contributed by atoms with Crippen LogP contribution in [-0.2, 0) is 95.5 Å². The summed E-state index contributed by atoms with van der Waals surface area (Å²) in [6.45, 7) is 11.2. The van der Waals surface area contributed by atoms with Gasteiger partial charge in [0, 0.05) is 60.6 Å². The van der Waals surface area contributed by atoms with Gasteiger partial charge in [0.1, 0.15) is 31.1 Å². The van der Waals surface area contributed by atoms with Crippen LogP contribution in [0.3, 0.4) is 0 Å². The van der Waals surface area contributed by atoms with E-state index in [4.69, 9.17) is 39.1 Å². The van der Waals surface area contributed by atoms with Crippen LogP contribution in [0.15, 0.2) is 89.7 Å². The highest BCUT2D eigenvalue weighted by molar-refractivity contribution is 6.01. The number of aliphatic hydroxyl groups is 1. The van der Waals surface area contributed by atoms with Crippen molar-refractivity contribution < 1.29 is 76.3 Å². The number of alkyl carbamates (subject to hydrolysis) is 1. The summed E-state index contributed by atoms with van der Waals surface area (Å²) in [6.07, 6.45) is 2.42. The van der Waals surface area contributed by atoms with Gasteiger partial charge >= 0.3 is 18.1 Å². The maximum absolute atomic E-state index is 15.5. The maximum atomic E-state index is 15.5. The molecule has 0 saturated carbocycles. The van der Waals surface area contributed by atoms with E-state index in [1.165, 1.54) is 10.6 Å². The second kappa shape index (κ2) is 34.0. The second-order valence-corrected chi connectivity index (χ2v) is 25.7. The third-order valence-electron chi connectivity index (χ3n) is 18.5. The number of carbonyl (C=O) groups excluding carboxylic acids is 8. The van der Waals surface area contributed by atoms with E-state index in [0.717, 1.165) is 33.5 Å². The molecule has 0 bridgehead atoms. The summed E-state index contributed by atoms with van der Waals surface area (Å²) in [5, 5.41) is 28.7. The van der Waals surface area contributed by atoms with Crippen molar-refractivity contribution in [3.63, 3.8) is 0 Å². The molecule has 0 unspecified atom stereocenters. The fourth-order valence-corrected chi connectivity index (χ4v) is 13.1. The average Bonchev–Trinajstić information content (AvgIpc) is 1.61. The summed E-state index contributed by atoms with van der Waals surface area (Å²) in [4.78, 5) is 126. The number of hydrogen-bond donors (Lipinski definition) is 8. The van der Waals surface area contributed by atoms with E-state index in [1.807, 2.05) is 42.5 Å². The number of rotatable bonds is 32. The Kier molecular flexibility index (Phi) is 24.8. The summed E-state index contributed by atoms with van der Waals surface area (Å²) in [7, 11) is 0. The van der Waals surface area contributed by atoms with Gasteiger partial charge in [-0.1, -0.05) is 75.4 Å². The molecule has 0 saturated heterocycles. The van der Waals surface area contributed by atoms with E-state index >= 15 is 4.39 Å². The van der Waals surface area contributed by atoms with E-state index in [9.17, 15) is 48.3 Å². The molecule has 1 aliphatic carbocycles. The Morgan fingerprint density at radius 1 is 0.782 bits per heavy atom. The van der Waals surface area contributed by atoms with Crippen molar-refractivity contribution in [2.24, 2.45) is 11.7 Å². The number of aromatic nitrogens is 2. The molecule has 4 aliphatic rings. The highest BCUT2D eigenvalue weighted by Crippen LogP contribution is 2.46. The summed E-state index contributed by atoms with van der Waals surface area (Å²) < 4.78 is 50.3. The van der Waals surface area contributed by atoms with Gasteiger partial charge in [0.05, 0.1) is 100 Å². The monoisotopic (exact) mass is 1390 g/mol. The van der Waals surface area contributed by atoms with Gasteiger partial charge in [0.2, 0.25) is 29.5 Å². The van der Waals surface area contributed by atoms with Gasteiger partial charge in [-0.05, 0) is 127 Å². The molecule has 4 atom stereocenters. The van der Waals surface area contributed by atoms with Crippen LogP contribution in [-0.4, -0.2) is 140 Å².